The van der Waals surface area contributed by atoms with Gasteiger partial charge < -0.3 is 0 Å². The highest BCUT2D eigenvalue weighted by atomic mass is 32.1. The second kappa shape index (κ2) is 3.32. The zero-order valence-corrected chi connectivity index (χ0v) is 7.17. The summed E-state index contributed by atoms with van der Waals surface area (Å²) in [5.41, 5.74) is 0. The van der Waals surface area contributed by atoms with Gasteiger partial charge in [-0.1, -0.05) is 11.3 Å². The number of hydrogen-bond acceptors (Lipinski definition) is 4. The summed E-state index contributed by atoms with van der Waals surface area (Å²) < 4.78 is 0. The maximum absolute atomic E-state index is 10.3. The first-order chi connectivity index (χ1) is 5.65. The lowest BCUT2D eigenvalue weighted by Crippen LogP contribution is -1.82. The number of nitro groups is 1. The molecule has 1 rings (SSSR count). The lowest BCUT2D eigenvalue weighted by Gasteiger charge is -1.92. The van der Waals surface area contributed by atoms with Crippen LogP contribution in [0.3, 0.4) is 0 Å². The first-order valence-electron chi connectivity index (χ1n) is 3.29. The minimum Gasteiger partial charge on any atom is -0.258 e. The summed E-state index contributed by atoms with van der Waals surface area (Å²) >= 11 is 1.05. The van der Waals surface area contributed by atoms with Crippen molar-refractivity contribution in [3.8, 4) is 6.07 Å². The van der Waals surface area contributed by atoms with E-state index in [1.54, 1.807) is 13.0 Å². The first kappa shape index (κ1) is 8.68. The van der Waals surface area contributed by atoms with Crippen molar-refractivity contribution in [1.29, 1.82) is 5.26 Å². The highest BCUT2D eigenvalue weighted by Crippen LogP contribution is 2.29. The van der Waals surface area contributed by atoms with Crippen molar-refractivity contribution in [1.82, 2.24) is 0 Å². The molecule has 0 amide bonds. The van der Waals surface area contributed by atoms with Crippen LogP contribution >= 0.6 is 11.3 Å². The fourth-order valence-corrected chi connectivity index (χ4v) is 1.55. The lowest BCUT2D eigenvalue weighted by molar-refractivity contribution is -0.380. The van der Waals surface area contributed by atoms with Gasteiger partial charge in [-0.05, 0) is 13.0 Å². The van der Waals surface area contributed by atoms with Crippen LogP contribution in [0.1, 0.15) is 17.7 Å². The van der Waals surface area contributed by atoms with Crippen molar-refractivity contribution in [3.05, 3.63) is 27.1 Å². The number of hydrogen-bond donors (Lipinski definition) is 0. The summed E-state index contributed by atoms with van der Waals surface area (Å²) in [4.78, 5) is 10.6. The zero-order valence-electron chi connectivity index (χ0n) is 6.35. The molecule has 0 saturated carbocycles. The van der Waals surface area contributed by atoms with Crippen molar-refractivity contribution in [3.63, 3.8) is 0 Å². The van der Waals surface area contributed by atoms with Crippen LogP contribution in [0.5, 0.6) is 0 Å². The molecule has 0 radical (unpaired) electrons. The Bertz CT molecular complexity index is 339. The Hall–Kier alpha value is -1.41. The van der Waals surface area contributed by atoms with E-state index in [-0.39, 0.29) is 10.9 Å². The topological polar surface area (TPSA) is 66.9 Å². The molecule has 62 valence electrons. The molecule has 0 fully saturated rings. The molecule has 0 saturated heterocycles. The summed E-state index contributed by atoms with van der Waals surface area (Å²) in [6.07, 6.45) is 0. The minimum absolute atomic E-state index is 0.0899. The van der Waals surface area contributed by atoms with E-state index in [0.717, 1.165) is 16.2 Å². The Morgan fingerprint density at radius 1 is 1.75 bits per heavy atom. The molecule has 4 nitrogen and oxygen atoms in total. The molecule has 1 atom stereocenters. The van der Waals surface area contributed by atoms with Gasteiger partial charge in [-0.3, -0.25) is 10.1 Å². The molecule has 1 unspecified atom stereocenters. The summed E-state index contributed by atoms with van der Waals surface area (Å²) in [7, 11) is 0. The lowest BCUT2D eigenvalue weighted by atomic mass is 10.2. The summed E-state index contributed by atoms with van der Waals surface area (Å²) in [6, 6.07) is 5.07. The summed E-state index contributed by atoms with van der Waals surface area (Å²) in [5.74, 6) is -0.260. The third-order valence-corrected chi connectivity index (χ3v) is 2.63. The fourth-order valence-electron chi connectivity index (χ4n) is 0.737. The third-order valence-electron chi connectivity index (χ3n) is 1.41. The molecule has 0 aliphatic carbocycles. The van der Waals surface area contributed by atoms with E-state index in [0.29, 0.717) is 0 Å². The molecule has 0 spiro atoms. The fraction of sp³-hybridized carbons (Fsp3) is 0.286. The smallest absolute Gasteiger partial charge is 0.258 e. The van der Waals surface area contributed by atoms with Crippen LogP contribution in [0.4, 0.5) is 5.00 Å². The van der Waals surface area contributed by atoms with Gasteiger partial charge in [0, 0.05) is 10.9 Å². The predicted octanol–water partition coefficient (Wildman–Crippen LogP) is 2.28. The zero-order chi connectivity index (χ0) is 9.14. The SMILES string of the molecule is CC(C#N)c1ccc([N+](=O)[O-])s1. The van der Waals surface area contributed by atoms with Crippen LogP contribution in [0.2, 0.25) is 0 Å². The molecule has 0 bridgehead atoms. The Balaban J connectivity index is 2.93. The van der Waals surface area contributed by atoms with E-state index in [1.807, 2.05) is 6.07 Å². The molecule has 0 aliphatic heterocycles. The average molecular weight is 182 g/mol. The van der Waals surface area contributed by atoms with E-state index in [2.05, 4.69) is 0 Å². The quantitative estimate of drug-likeness (QED) is 0.520. The largest absolute Gasteiger partial charge is 0.324 e. The average Bonchev–Trinajstić information content (AvgIpc) is 2.51. The Labute approximate surface area is 73.2 Å². The molecule has 1 aromatic heterocycles. The van der Waals surface area contributed by atoms with Gasteiger partial charge >= 0.3 is 5.00 Å². The van der Waals surface area contributed by atoms with Crippen LogP contribution < -0.4 is 0 Å². The standard InChI is InChI=1S/C7H6N2O2S/c1-5(4-8)6-2-3-7(12-6)9(10)11/h2-3,5H,1H3. The number of thiophene rings is 1. The van der Waals surface area contributed by atoms with Crippen molar-refractivity contribution < 1.29 is 4.92 Å². The monoisotopic (exact) mass is 182 g/mol. The van der Waals surface area contributed by atoms with Crippen LogP contribution in [-0.4, -0.2) is 4.92 Å². The van der Waals surface area contributed by atoms with Crippen molar-refractivity contribution in [2.24, 2.45) is 0 Å². The second-order valence-corrected chi connectivity index (χ2v) is 3.38. The predicted molar refractivity (Wildman–Crippen MR) is 45.0 cm³/mol. The van der Waals surface area contributed by atoms with Crippen LogP contribution in [-0.2, 0) is 0 Å². The Morgan fingerprint density at radius 2 is 2.42 bits per heavy atom. The van der Waals surface area contributed by atoms with Crippen molar-refractivity contribution in [2.45, 2.75) is 12.8 Å². The molecular weight excluding hydrogens is 176 g/mol. The van der Waals surface area contributed by atoms with Gasteiger partial charge in [-0.25, -0.2) is 0 Å². The second-order valence-electron chi connectivity index (χ2n) is 2.28. The molecule has 1 heterocycles. The molecular formula is C7H6N2O2S. The highest BCUT2D eigenvalue weighted by Gasteiger charge is 2.13. The molecule has 1 aromatic rings. The van der Waals surface area contributed by atoms with Crippen molar-refractivity contribution in [2.75, 3.05) is 0 Å². The number of nitrogens with zero attached hydrogens (tertiary/aromatic N) is 2. The summed E-state index contributed by atoms with van der Waals surface area (Å²) in [5, 5.41) is 18.9. The Morgan fingerprint density at radius 3 is 2.83 bits per heavy atom. The van der Waals surface area contributed by atoms with Gasteiger partial charge in [0.2, 0.25) is 0 Å². The minimum atomic E-state index is -0.446. The highest BCUT2D eigenvalue weighted by molar-refractivity contribution is 7.15. The maximum atomic E-state index is 10.3. The van der Waals surface area contributed by atoms with E-state index in [1.165, 1.54) is 6.07 Å². The van der Waals surface area contributed by atoms with Gasteiger partial charge in [-0.2, -0.15) is 5.26 Å². The van der Waals surface area contributed by atoms with Gasteiger partial charge in [-0.15, -0.1) is 0 Å². The van der Waals surface area contributed by atoms with Crippen LogP contribution in [0.25, 0.3) is 0 Å². The van der Waals surface area contributed by atoms with Crippen molar-refractivity contribution >= 4 is 16.3 Å². The van der Waals surface area contributed by atoms with Gasteiger partial charge in [0.15, 0.2) is 0 Å². The van der Waals surface area contributed by atoms with Crippen LogP contribution in [0.15, 0.2) is 12.1 Å². The number of nitriles is 1. The van der Waals surface area contributed by atoms with E-state index in [4.69, 9.17) is 5.26 Å². The molecule has 12 heavy (non-hydrogen) atoms. The normalized spacial score (nSPS) is 12.0. The molecule has 0 aromatic carbocycles. The van der Waals surface area contributed by atoms with Gasteiger partial charge in [0.1, 0.15) is 0 Å². The summed E-state index contributed by atoms with van der Waals surface area (Å²) in [6.45, 7) is 1.72. The van der Waals surface area contributed by atoms with E-state index < -0.39 is 4.92 Å². The third kappa shape index (κ3) is 1.60. The maximum Gasteiger partial charge on any atom is 0.324 e. The van der Waals surface area contributed by atoms with E-state index >= 15 is 0 Å². The van der Waals surface area contributed by atoms with Crippen LogP contribution in [0, 0.1) is 21.4 Å². The molecule has 5 heteroatoms. The van der Waals surface area contributed by atoms with E-state index in [9.17, 15) is 10.1 Å². The first-order valence-corrected chi connectivity index (χ1v) is 4.10. The Kier molecular flexibility index (Phi) is 2.41. The molecule has 0 N–H and O–H groups in total. The van der Waals surface area contributed by atoms with Gasteiger partial charge in [0.25, 0.3) is 0 Å². The number of rotatable bonds is 2. The van der Waals surface area contributed by atoms with Gasteiger partial charge in [0.05, 0.1) is 16.9 Å². The molecule has 0 aliphatic rings.